The number of nitrogens with zero attached hydrogens (tertiary/aromatic N) is 1. The number of hydrazine groups is 1. The fraction of sp³-hybridized carbons (Fsp3) is 0. The van der Waals surface area contributed by atoms with E-state index in [2.05, 4.69) is 0 Å². The third-order valence-electron chi connectivity index (χ3n) is 2.11. The summed E-state index contributed by atoms with van der Waals surface area (Å²) in [4.78, 5) is 34.8. The third kappa shape index (κ3) is 1.19. The number of para-hydroxylation sites is 1. The van der Waals surface area contributed by atoms with Crippen LogP contribution in [0, 0.1) is 0 Å². The summed E-state index contributed by atoms with van der Waals surface area (Å²) in [6.45, 7) is 0. The maximum Gasteiger partial charge on any atom is 0.343 e. The summed E-state index contributed by atoms with van der Waals surface area (Å²) in [5, 5.41) is 0. The highest BCUT2D eigenvalue weighted by Crippen LogP contribution is 2.28. The lowest BCUT2D eigenvalue weighted by molar-refractivity contribution is -0.113. The molecule has 0 aromatic heterocycles. The van der Waals surface area contributed by atoms with Gasteiger partial charge in [0.25, 0.3) is 5.78 Å². The minimum absolute atomic E-state index is 0.214. The zero-order valence-corrected chi connectivity index (χ0v) is 7.56. The molecular formula is C9H7N3O3. The van der Waals surface area contributed by atoms with Crippen molar-refractivity contribution in [1.82, 2.24) is 5.43 Å². The molecule has 0 saturated heterocycles. The zero-order chi connectivity index (χ0) is 11.0. The van der Waals surface area contributed by atoms with Gasteiger partial charge in [0.15, 0.2) is 0 Å². The third-order valence-corrected chi connectivity index (χ3v) is 2.11. The van der Waals surface area contributed by atoms with Crippen LogP contribution in [0.4, 0.5) is 10.5 Å². The molecule has 76 valence electrons. The van der Waals surface area contributed by atoms with E-state index in [-0.39, 0.29) is 11.3 Å². The first-order valence-corrected chi connectivity index (χ1v) is 4.15. The summed E-state index contributed by atoms with van der Waals surface area (Å²) in [5.74, 6) is 3.32. The minimum Gasteiger partial charge on any atom is -0.283 e. The van der Waals surface area contributed by atoms with E-state index in [0.29, 0.717) is 0 Å². The molecule has 1 aliphatic rings. The normalized spacial score (nSPS) is 14.1. The van der Waals surface area contributed by atoms with Gasteiger partial charge in [-0.15, -0.1) is 0 Å². The molecule has 2 rings (SSSR count). The molecule has 0 spiro atoms. The number of carbonyl (C=O) groups excluding carboxylic acids is 3. The number of nitrogens with one attached hydrogen (secondary N) is 1. The minimum atomic E-state index is -0.890. The van der Waals surface area contributed by atoms with Crippen LogP contribution in [0.25, 0.3) is 0 Å². The van der Waals surface area contributed by atoms with Gasteiger partial charge in [-0.1, -0.05) is 12.1 Å². The van der Waals surface area contributed by atoms with Gasteiger partial charge in [0.2, 0.25) is 0 Å². The van der Waals surface area contributed by atoms with Crippen LogP contribution in [0.15, 0.2) is 24.3 Å². The first-order valence-electron chi connectivity index (χ1n) is 4.15. The Labute approximate surface area is 84.6 Å². The van der Waals surface area contributed by atoms with Gasteiger partial charge in [0, 0.05) is 0 Å². The molecule has 0 bridgehead atoms. The smallest absolute Gasteiger partial charge is 0.283 e. The van der Waals surface area contributed by atoms with Gasteiger partial charge >= 0.3 is 11.9 Å². The second-order valence-electron chi connectivity index (χ2n) is 2.94. The molecule has 0 radical (unpaired) electrons. The summed E-state index contributed by atoms with van der Waals surface area (Å²) in [6, 6.07) is 5.42. The van der Waals surface area contributed by atoms with Crippen LogP contribution in [0.5, 0.6) is 0 Å². The van der Waals surface area contributed by atoms with Crippen LogP contribution >= 0.6 is 0 Å². The molecule has 3 N–H and O–H groups in total. The van der Waals surface area contributed by atoms with E-state index in [1.807, 2.05) is 5.43 Å². The van der Waals surface area contributed by atoms with Gasteiger partial charge in [-0.05, 0) is 12.1 Å². The van der Waals surface area contributed by atoms with Crippen LogP contribution in [-0.4, -0.2) is 17.7 Å². The summed E-state index contributed by atoms with van der Waals surface area (Å²) < 4.78 is 0. The molecule has 3 amide bonds. The number of anilines is 1. The number of ketones is 1. The molecule has 0 aliphatic carbocycles. The Hall–Kier alpha value is -2.21. The van der Waals surface area contributed by atoms with Crippen LogP contribution < -0.4 is 16.2 Å². The first-order chi connectivity index (χ1) is 7.16. The van der Waals surface area contributed by atoms with Crippen molar-refractivity contribution in [2.45, 2.75) is 0 Å². The number of Topliss-reactive ketones (excluding diaryl/α,β-unsaturated/α-hetero) is 1. The average molecular weight is 205 g/mol. The quantitative estimate of drug-likeness (QED) is 0.265. The molecular weight excluding hydrogens is 198 g/mol. The lowest BCUT2D eigenvalue weighted by Crippen LogP contribution is -2.46. The molecule has 1 aromatic carbocycles. The van der Waals surface area contributed by atoms with Crippen molar-refractivity contribution in [2.24, 2.45) is 5.84 Å². The molecule has 1 heterocycles. The van der Waals surface area contributed by atoms with E-state index < -0.39 is 17.7 Å². The van der Waals surface area contributed by atoms with E-state index in [1.54, 1.807) is 12.1 Å². The second kappa shape index (κ2) is 3.18. The Morgan fingerprint density at radius 1 is 1.27 bits per heavy atom. The highest BCUT2D eigenvalue weighted by atomic mass is 16.2. The Bertz CT molecular complexity index is 469. The molecule has 6 nitrogen and oxygen atoms in total. The highest BCUT2D eigenvalue weighted by Gasteiger charge is 2.39. The average Bonchev–Trinajstić information content (AvgIpc) is 2.52. The van der Waals surface area contributed by atoms with Crippen molar-refractivity contribution in [3.63, 3.8) is 0 Å². The Balaban J connectivity index is 2.56. The fourth-order valence-electron chi connectivity index (χ4n) is 1.45. The molecule has 1 aliphatic heterocycles. The number of amides is 3. The molecule has 0 saturated carbocycles. The number of urea groups is 1. The number of hydrogen-bond acceptors (Lipinski definition) is 4. The topological polar surface area (TPSA) is 92.5 Å². The Morgan fingerprint density at radius 2 is 1.93 bits per heavy atom. The largest absolute Gasteiger partial charge is 0.343 e. The lowest BCUT2D eigenvalue weighted by Gasteiger charge is -2.12. The van der Waals surface area contributed by atoms with E-state index in [0.717, 1.165) is 4.90 Å². The van der Waals surface area contributed by atoms with Crippen molar-refractivity contribution >= 4 is 23.4 Å². The van der Waals surface area contributed by atoms with Crippen molar-refractivity contribution in [3.8, 4) is 0 Å². The van der Waals surface area contributed by atoms with Crippen molar-refractivity contribution in [1.29, 1.82) is 0 Å². The van der Waals surface area contributed by atoms with Crippen molar-refractivity contribution in [3.05, 3.63) is 29.8 Å². The van der Waals surface area contributed by atoms with Crippen LogP contribution in [0.3, 0.4) is 0 Å². The van der Waals surface area contributed by atoms with Gasteiger partial charge < -0.3 is 0 Å². The number of hydrogen-bond donors (Lipinski definition) is 2. The van der Waals surface area contributed by atoms with E-state index >= 15 is 0 Å². The number of benzene rings is 1. The summed E-state index contributed by atoms with van der Waals surface area (Å²) in [5.41, 5.74) is 2.29. The van der Waals surface area contributed by atoms with Crippen LogP contribution in [-0.2, 0) is 4.79 Å². The first kappa shape index (κ1) is 9.35. The van der Waals surface area contributed by atoms with Crippen LogP contribution in [0.1, 0.15) is 10.4 Å². The number of fused-ring (bicyclic) bond motifs is 1. The monoisotopic (exact) mass is 205 g/mol. The van der Waals surface area contributed by atoms with Gasteiger partial charge in [-0.2, -0.15) is 0 Å². The standard InChI is InChI=1S/C9H7N3O3/c10-11-9(15)12-6-4-2-1-3-5(6)7(13)8(12)14/h1-4H,10H2,(H,11,15). The fourth-order valence-corrected chi connectivity index (χ4v) is 1.45. The second-order valence-corrected chi connectivity index (χ2v) is 2.94. The van der Waals surface area contributed by atoms with E-state index in [4.69, 9.17) is 5.84 Å². The summed E-state index contributed by atoms with van der Waals surface area (Å²) in [6.07, 6.45) is 0. The number of imide groups is 1. The molecule has 0 atom stereocenters. The molecule has 6 heteroatoms. The Kier molecular flexibility index (Phi) is 1.98. The molecule has 0 unspecified atom stereocenters. The maximum absolute atomic E-state index is 11.4. The predicted octanol–water partition coefficient (Wildman–Crippen LogP) is -0.201. The molecule has 1 aromatic rings. The van der Waals surface area contributed by atoms with Gasteiger partial charge in [-0.25, -0.2) is 15.5 Å². The van der Waals surface area contributed by atoms with Crippen molar-refractivity contribution in [2.75, 3.05) is 4.90 Å². The van der Waals surface area contributed by atoms with Crippen molar-refractivity contribution < 1.29 is 14.4 Å². The number of nitrogens with two attached hydrogens (primary N) is 1. The SMILES string of the molecule is NNC(=O)N1C(=O)C(=O)c2ccccc21. The summed E-state index contributed by atoms with van der Waals surface area (Å²) in [7, 11) is 0. The van der Waals surface area contributed by atoms with Gasteiger partial charge in [-0.3, -0.25) is 15.0 Å². The van der Waals surface area contributed by atoms with Crippen LogP contribution in [0.2, 0.25) is 0 Å². The number of rotatable bonds is 0. The molecule has 0 fully saturated rings. The van der Waals surface area contributed by atoms with E-state index in [9.17, 15) is 14.4 Å². The zero-order valence-electron chi connectivity index (χ0n) is 7.56. The lowest BCUT2D eigenvalue weighted by atomic mass is 10.1. The maximum atomic E-state index is 11.4. The van der Waals surface area contributed by atoms with Gasteiger partial charge in [0.05, 0.1) is 11.3 Å². The highest BCUT2D eigenvalue weighted by molar-refractivity contribution is 6.56. The van der Waals surface area contributed by atoms with Gasteiger partial charge in [0.1, 0.15) is 0 Å². The number of carbonyl (C=O) groups is 3. The Morgan fingerprint density at radius 3 is 2.60 bits per heavy atom. The molecule has 15 heavy (non-hydrogen) atoms. The predicted molar refractivity (Wildman–Crippen MR) is 51.0 cm³/mol. The van der Waals surface area contributed by atoms with E-state index in [1.165, 1.54) is 12.1 Å². The summed E-state index contributed by atoms with van der Waals surface area (Å²) >= 11 is 0.